The van der Waals surface area contributed by atoms with E-state index in [1.165, 1.54) is 0 Å². The van der Waals surface area contributed by atoms with E-state index in [0.29, 0.717) is 13.2 Å². The van der Waals surface area contributed by atoms with Crippen molar-refractivity contribution in [2.45, 2.75) is 103 Å². The van der Waals surface area contributed by atoms with Gasteiger partial charge in [0.25, 0.3) is 0 Å². The van der Waals surface area contributed by atoms with Crippen molar-refractivity contribution in [1.29, 1.82) is 0 Å². The van der Waals surface area contributed by atoms with Crippen molar-refractivity contribution in [3.05, 3.63) is 0 Å². The Bertz CT molecular complexity index is 326. The van der Waals surface area contributed by atoms with Crippen LogP contribution in [0, 0.1) is 0 Å². The Morgan fingerprint density at radius 3 is 1.78 bits per heavy atom. The molecule has 0 aromatic carbocycles. The molecule has 0 saturated carbocycles. The van der Waals surface area contributed by atoms with Crippen LogP contribution in [0.5, 0.6) is 0 Å². The van der Waals surface area contributed by atoms with Gasteiger partial charge in [-0.2, -0.15) is 0 Å². The molecule has 0 amide bonds. The van der Waals surface area contributed by atoms with Gasteiger partial charge in [-0.3, -0.25) is 0 Å². The smallest absolute Gasteiger partial charge is 0.115 e. The van der Waals surface area contributed by atoms with E-state index in [2.05, 4.69) is 27.7 Å². The SMILES string of the molecule is CCCCOCC1OCC(OCCCC)C(OCCCC)[C@@H]1OCCCC. The third kappa shape index (κ3) is 10.2. The van der Waals surface area contributed by atoms with Crippen LogP contribution in [-0.2, 0) is 23.7 Å². The molecule has 0 radical (unpaired) electrons. The van der Waals surface area contributed by atoms with E-state index >= 15 is 0 Å². The normalized spacial score (nSPS) is 25.8. The maximum Gasteiger partial charge on any atom is 0.115 e. The highest BCUT2D eigenvalue weighted by atomic mass is 16.6. The van der Waals surface area contributed by atoms with Gasteiger partial charge in [0, 0.05) is 26.4 Å². The first-order chi connectivity index (χ1) is 13.3. The molecule has 0 N–H and O–H groups in total. The van der Waals surface area contributed by atoms with Crippen molar-refractivity contribution in [2.24, 2.45) is 0 Å². The zero-order chi connectivity index (χ0) is 19.7. The van der Waals surface area contributed by atoms with Gasteiger partial charge >= 0.3 is 0 Å². The van der Waals surface area contributed by atoms with Crippen LogP contribution >= 0.6 is 0 Å². The van der Waals surface area contributed by atoms with E-state index in [0.717, 1.165) is 77.8 Å². The first-order valence-corrected chi connectivity index (χ1v) is 11.3. The van der Waals surface area contributed by atoms with Crippen LogP contribution in [0.3, 0.4) is 0 Å². The van der Waals surface area contributed by atoms with Gasteiger partial charge < -0.3 is 23.7 Å². The quantitative estimate of drug-likeness (QED) is 0.336. The predicted molar refractivity (Wildman–Crippen MR) is 109 cm³/mol. The van der Waals surface area contributed by atoms with Crippen LogP contribution in [-0.4, -0.2) is 64.1 Å². The first kappa shape index (κ1) is 24.8. The number of ether oxygens (including phenoxy) is 5. The van der Waals surface area contributed by atoms with E-state index in [1.54, 1.807) is 0 Å². The standard InChI is InChI=1S/C22H44O5/c1-5-9-13-23-17-19-21(25-15-11-7-3)22(26-16-12-8-4)20(18-27-19)24-14-10-6-2/h19-22H,5-18H2,1-4H3/t19?,20?,21-,22?/m1/s1. The molecule has 0 aliphatic carbocycles. The summed E-state index contributed by atoms with van der Waals surface area (Å²) in [6.45, 7) is 12.8. The van der Waals surface area contributed by atoms with Crippen LogP contribution < -0.4 is 0 Å². The lowest BCUT2D eigenvalue weighted by Gasteiger charge is -2.42. The summed E-state index contributed by atoms with van der Waals surface area (Å²) in [7, 11) is 0. The van der Waals surface area contributed by atoms with Crippen molar-refractivity contribution in [1.82, 2.24) is 0 Å². The van der Waals surface area contributed by atoms with Gasteiger partial charge in [-0.1, -0.05) is 53.4 Å². The van der Waals surface area contributed by atoms with Gasteiger partial charge in [-0.15, -0.1) is 0 Å². The summed E-state index contributed by atoms with van der Waals surface area (Å²) < 4.78 is 30.7. The average Bonchev–Trinajstić information content (AvgIpc) is 2.68. The van der Waals surface area contributed by atoms with Gasteiger partial charge in [0.1, 0.15) is 24.4 Å². The Balaban J connectivity index is 2.72. The van der Waals surface area contributed by atoms with Crippen molar-refractivity contribution in [2.75, 3.05) is 39.6 Å². The van der Waals surface area contributed by atoms with E-state index in [4.69, 9.17) is 23.7 Å². The van der Waals surface area contributed by atoms with Crippen LogP contribution in [0.15, 0.2) is 0 Å². The molecule has 3 unspecified atom stereocenters. The van der Waals surface area contributed by atoms with Gasteiger partial charge in [-0.25, -0.2) is 0 Å². The minimum Gasteiger partial charge on any atom is -0.379 e. The van der Waals surface area contributed by atoms with Crippen LogP contribution in [0.25, 0.3) is 0 Å². The summed E-state index contributed by atoms with van der Waals surface area (Å²) >= 11 is 0. The Morgan fingerprint density at radius 2 is 1.19 bits per heavy atom. The molecule has 1 aliphatic heterocycles. The summed E-state index contributed by atoms with van der Waals surface area (Å²) in [6, 6.07) is 0. The lowest BCUT2D eigenvalue weighted by molar-refractivity contribution is -0.239. The Hall–Kier alpha value is -0.200. The summed E-state index contributed by atoms with van der Waals surface area (Å²) in [5.74, 6) is 0. The topological polar surface area (TPSA) is 46.2 Å². The van der Waals surface area contributed by atoms with Gasteiger partial charge in [0.15, 0.2) is 0 Å². The van der Waals surface area contributed by atoms with E-state index in [9.17, 15) is 0 Å². The van der Waals surface area contributed by atoms with Crippen molar-refractivity contribution >= 4 is 0 Å². The molecule has 1 saturated heterocycles. The lowest BCUT2D eigenvalue weighted by Crippen LogP contribution is -2.57. The molecule has 162 valence electrons. The number of hydrogen-bond acceptors (Lipinski definition) is 5. The maximum absolute atomic E-state index is 6.28. The fraction of sp³-hybridized carbons (Fsp3) is 1.00. The Labute approximate surface area is 167 Å². The number of unbranched alkanes of at least 4 members (excludes halogenated alkanes) is 4. The second kappa shape index (κ2) is 16.7. The monoisotopic (exact) mass is 388 g/mol. The highest BCUT2D eigenvalue weighted by Crippen LogP contribution is 2.25. The summed E-state index contributed by atoms with van der Waals surface area (Å²) in [5, 5.41) is 0. The molecule has 0 aromatic heterocycles. The zero-order valence-corrected chi connectivity index (χ0v) is 18.3. The molecule has 5 heteroatoms. The average molecular weight is 389 g/mol. The maximum atomic E-state index is 6.28. The predicted octanol–water partition coefficient (Wildman–Crippen LogP) is 4.76. The Kier molecular flexibility index (Phi) is 15.4. The van der Waals surface area contributed by atoms with Gasteiger partial charge in [0.05, 0.1) is 13.2 Å². The molecule has 1 rings (SSSR count). The second-order valence-electron chi connectivity index (χ2n) is 7.44. The van der Waals surface area contributed by atoms with Crippen molar-refractivity contribution in [3.8, 4) is 0 Å². The third-order valence-electron chi connectivity index (χ3n) is 4.90. The minimum atomic E-state index is -0.129. The largest absolute Gasteiger partial charge is 0.379 e. The third-order valence-corrected chi connectivity index (χ3v) is 4.90. The van der Waals surface area contributed by atoms with Gasteiger partial charge in [0.2, 0.25) is 0 Å². The van der Waals surface area contributed by atoms with Crippen molar-refractivity contribution < 1.29 is 23.7 Å². The van der Waals surface area contributed by atoms with Crippen LogP contribution in [0.4, 0.5) is 0 Å². The van der Waals surface area contributed by atoms with E-state index in [1.807, 2.05) is 0 Å². The van der Waals surface area contributed by atoms with Crippen LogP contribution in [0.2, 0.25) is 0 Å². The lowest BCUT2D eigenvalue weighted by atomic mass is 9.99. The molecule has 1 heterocycles. The fourth-order valence-corrected chi connectivity index (χ4v) is 3.07. The second-order valence-corrected chi connectivity index (χ2v) is 7.44. The molecule has 4 atom stereocenters. The van der Waals surface area contributed by atoms with Crippen molar-refractivity contribution in [3.63, 3.8) is 0 Å². The van der Waals surface area contributed by atoms with E-state index < -0.39 is 0 Å². The molecule has 1 fully saturated rings. The van der Waals surface area contributed by atoms with E-state index in [-0.39, 0.29) is 24.4 Å². The minimum absolute atomic E-state index is 0.0630. The fourth-order valence-electron chi connectivity index (χ4n) is 3.07. The first-order valence-electron chi connectivity index (χ1n) is 11.3. The molecular formula is C22H44O5. The summed E-state index contributed by atoms with van der Waals surface area (Å²) in [4.78, 5) is 0. The molecule has 0 bridgehead atoms. The molecule has 0 spiro atoms. The molecule has 1 aliphatic rings. The highest BCUT2D eigenvalue weighted by molar-refractivity contribution is 4.90. The molecule has 5 nitrogen and oxygen atoms in total. The summed E-state index contributed by atoms with van der Waals surface area (Å²) in [5.41, 5.74) is 0. The van der Waals surface area contributed by atoms with Gasteiger partial charge in [-0.05, 0) is 25.7 Å². The highest BCUT2D eigenvalue weighted by Gasteiger charge is 2.42. The van der Waals surface area contributed by atoms with Crippen LogP contribution in [0.1, 0.15) is 79.1 Å². The number of rotatable bonds is 17. The number of hydrogen-bond donors (Lipinski definition) is 0. The zero-order valence-electron chi connectivity index (χ0n) is 18.3. The molecular weight excluding hydrogens is 344 g/mol. The summed E-state index contributed by atoms with van der Waals surface area (Å²) in [6.07, 6.45) is 8.37. The Morgan fingerprint density at radius 1 is 0.667 bits per heavy atom. The molecule has 27 heavy (non-hydrogen) atoms. The molecule has 0 aromatic rings.